The van der Waals surface area contributed by atoms with Crippen LogP contribution in [0, 0.1) is 0 Å². The Labute approximate surface area is 223 Å². The van der Waals surface area contributed by atoms with E-state index in [1.807, 2.05) is 78.5 Å². The number of anilines is 1. The minimum atomic E-state index is -0.929. The normalized spacial score (nSPS) is 15.1. The largest absolute Gasteiger partial charge is 0.379 e. The minimum Gasteiger partial charge on any atom is -0.379 e. The summed E-state index contributed by atoms with van der Waals surface area (Å²) in [5, 5.41) is 8.10. The molecule has 2 atom stereocenters. The molecule has 1 aliphatic rings. The molecule has 1 fully saturated rings. The Morgan fingerprint density at radius 1 is 0.921 bits per heavy atom. The molecule has 2 aromatic carbocycles. The molecule has 38 heavy (non-hydrogen) atoms. The number of hydrogen-bond acceptors (Lipinski definition) is 7. The number of benzene rings is 2. The Kier molecular flexibility index (Phi) is 11.3. The van der Waals surface area contributed by atoms with Gasteiger partial charge >= 0.3 is 0 Å². The van der Waals surface area contributed by atoms with Crippen LogP contribution < -0.4 is 20.9 Å². The lowest BCUT2D eigenvalue weighted by Gasteiger charge is -2.25. The number of nitrogens with zero attached hydrogens (tertiary/aromatic N) is 2. The molecule has 10 heteroatoms. The Bertz CT molecular complexity index is 1060. The molecule has 1 heterocycles. The molecule has 3 N–H and O–H groups in total. The van der Waals surface area contributed by atoms with Crippen molar-refractivity contribution >= 4 is 29.7 Å². The van der Waals surface area contributed by atoms with Crippen LogP contribution in [-0.2, 0) is 36.8 Å². The molecule has 2 aromatic rings. The van der Waals surface area contributed by atoms with Crippen LogP contribution in [0.4, 0.5) is 5.69 Å². The van der Waals surface area contributed by atoms with Crippen LogP contribution in [0.3, 0.4) is 0 Å². The van der Waals surface area contributed by atoms with E-state index in [1.54, 1.807) is 0 Å². The van der Waals surface area contributed by atoms with Gasteiger partial charge in [-0.25, -0.2) is 0 Å². The summed E-state index contributed by atoms with van der Waals surface area (Å²) in [7, 11) is 3.87. The van der Waals surface area contributed by atoms with Gasteiger partial charge in [-0.1, -0.05) is 42.5 Å². The molecule has 0 unspecified atom stereocenters. The van der Waals surface area contributed by atoms with Crippen molar-refractivity contribution in [2.24, 2.45) is 0 Å². The number of morpholine rings is 1. The third kappa shape index (κ3) is 9.60. The number of hydrogen-bond donors (Lipinski definition) is 3. The van der Waals surface area contributed by atoms with Crippen molar-refractivity contribution in [1.29, 1.82) is 0 Å². The highest BCUT2D eigenvalue weighted by Gasteiger charge is 2.24. The van der Waals surface area contributed by atoms with Crippen molar-refractivity contribution in [2.45, 2.75) is 24.9 Å². The second-order valence-electron chi connectivity index (χ2n) is 9.49. The molecular weight excluding hydrogens is 486 g/mol. The van der Waals surface area contributed by atoms with Crippen molar-refractivity contribution in [3.05, 3.63) is 65.7 Å². The van der Waals surface area contributed by atoms with Crippen LogP contribution >= 0.6 is 0 Å². The first kappa shape index (κ1) is 28.8. The van der Waals surface area contributed by atoms with Gasteiger partial charge in [0.2, 0.25) is 17.7 Å². The van der Waals surface area contributed by atoms with E-state index in [9.17, 15) is 19.2 Å². The maximum absolute atomic E-state index is 13.2. The summed E-state index contributed by atoms with van der Waals surface area (Å²) in [5.41, 5.74) is 2.76. The van der Waals surface area contributed by atoms with Crippen LogP contribution in [0.2, 0.25) is 0 Å². The molecule has 0 saturated carbocycles. The van der Waals surface area contributed by atoms with E-state index in [0.717, 1.165) is 16.8 Å². The van der Waals surface area contributed by atoms with Crippen LogP contribution in [-0.4, -0.2) is 94.5 Å². The molecule has 0 bridgehead atoms. The molecule has 0 aromatic heterocycles. The third-order valence-corrected chi connectivity index (χ3v) is 6.25. The zero-order chi connectivity index (χ0) is 27.3. The number of carbonyl (C=O) groups is 4. The van der Waals surface area contributed by atoms with Gasteiger partial charge in [-0.05, 0) is 29.7 Å². The van der Waals surface area contributed by atoms with Crippen molar-refractivity contribution < 1.29 is 23.9 Å². The fourth-order valence-electron chi connectivity index (χ4n) is 4.10. The number of aldehydes is 1. The SMILES string of the molecule is CN(C)c1ccc(C[C@H](NC(=O)CNC(=O)CN2CCOCC2)C(=O)N[C@H](C=O)Cc2ccccc2)cc1. The predicted molar refractivity (Wildman–Crippen MR) is 145 cm³/mol. The standard InChI is InChI=1S/C28H37N5O5/c1-32(2)24-10-8-22(9-11-24)17-25(28(37)30-23(20-34)16-21-6-4-3-5-7-21)31-26(35)18-29-27(36)19-33-12-14-38-15-13-33/h3-11,20,23,25H,12-19H2,1-2H3,(H,29,36)(H,30,37)(H,31,35)/t23-,25-/m0/s1. The molecule has 0 spiro atoms. The summed E-state index contributed by atoms with van der Waals surface area (Å²) < 4.78 is 5.28. The number of amides is 3. The lowest BCUT2D eigenvalue weighted by molar-refractivity contribution is -0.131. The molecule has 10 nitrogen and oxygen atoms in total. The minimum absolute atomic E-state index is 0.180. The summed E-state index contributed by atoms with van der Waals surface area (Å²) in [6, 6.07) is 15.4. The van der Waals surface area contributed by atoms with E-state index in [2.05, 4.69) is 16.0 Å². The van der Waals surface area contributed by atoms with Gasteiger partial charge in [0.25, 0.3) is 0 Å². The summed E-state index contributed by atoms with van der Waals surface area (Å²) in [6.45, 7) is 2.40. The van der Waals surface area contributed by atoms with Gasteiger partial charge in [0, 0.05) is 39.3 Å². The average Bonchev–Trinajstić information content (AvgIpc) is 2.92. The van der Waals surface area contributed by atoms with E-state index in [0.29, 0.717) is 39.0 Å². The topological polar surface area (TPSA) is 120 Å². The van der Waals surface area contributed by atoms with Gasteiger partial charge in [-0.15, -0.1) is 0 Å². The van der Waals surface area contributed by atoms with Gasteiger partial charge in [-0.2, -0.15) is 0 Å². The molecule has 3 rings (SSSR count). The monoisotopic (exact) mass is 523 g/mol. The van der Waals surface area contributed by atoms with E-state index in [-0.39, 0.29) is 25.4 Å². The summed E-state index contributed by atoms with van der Waals surface area (Å²) in [5.74, 6) is -1.23. The van der Waals surface area contributed by atoms with E-state index >= 15 is 0 Å². The van der Waals surface area contributed by atoms with E-state index in [1.165, 1.54) is 0 Å². The fourth-order valence-corrected chi connectivity index (χ4v) is 4.10. The van der Waals surface area contributed by atoms with Gasteiger partial charge in [0.1, 0.15) is 12.3 Å². The van der Waals surface area contributed by atoms with Crippen molar-refractivity contribution in [3.8, 4) is 0 Å². The Balaban J connectivity index is 1.62. The highest BCUT2D eigenvalue weighted by Crippen LogP contribution is 2.14. The first-order valence-electron chi connectivity index (χ1n) is 12.8. The molecule has 1 aliphatic heterocycles. The van der Waals surface area contributed by atoms with Crippen LogP contribution in [0.1, 0.15) is 11.1 Å². The molecule has 0 radical (unpaired) electrons. The molecule has 0 aliphatic carbocycles. The predicted octanol–water partition coefficient (Wildman–Crippen LogP) is 0.155. The van der Waals surface area contributed by atoms with Crippen LogP contribution in [0.15, 0.2) is 54.6 Å². The van der Waals surface area contributed by atoms with Gasteiger partial charge < -0.3 is 30.4 Å². The first-order valence-corrected chi connectivity index (χ1v) is 12.8. The van der Waals surface area contributed by atoms with E-state index < -0.39 is 23.9 Å². The molecule has 204 valence electrons. The van der Waals surface area contributed by atoms with Gasteiger partial charge in [-0.3, -0.25) is 19.3 Å². The molecular formula is C28H37N5O5. The van der Waals surface area contributed by atoms with Crippen LogP contribution in [0.25, 0.3) is 0 Å². The van der Waals surface area contributed by atoms with Gasteiger partial charge in [0.05, 0.1) is 32.3 Å². The van der Waals surface area contributed by atoms with Crippen molar-refractivity contribution in [2.75, 3.05) is 58.4 Å². The molecule has 3 amide bonds. The highest BCUT2D eigenvalue weighted by molar-refractivity contribution is 5.91. The highest BCUT2D eigenvalue weighted by atomic mass is 16.5. The van der Waals surface area contributed by atoms with E-state index in [4.69, 9.17) is 4.74 Å². The second kappa shape index (κ2) is 14.8. The Morgan fingerprint density at radius 2 is 1.58 bits per heavy atom. The van der Waals surface area contributed by atoms with Crippen molar-refractivity contribution in [1.82, 2.24) is 20.9 Å². The van der Waals surface area contributed by atoms with Gasteiger partial charge in [0.15, 0.2) is 0 Å². The number of carbonyl (C=O) groups excluding carboxylic acids is 4. The summed E-state index contributed by atoms with van der Waals surface area (Å²) >= 11 is 0. The lowest BCUT2D eigenvalue weighted by atomic mass is 10.0. The number of rotatable bonds is 13. The maximum Gasteiger partial charge on any atom is 0.243 e. The summed E-state index contributed by atoms with van der Waals surface area (Å²) in [4.78, 5) is 53.9. The Morgan fingerprint density at radius 3 is 2.21 bits per heavy atom. The Hall–Kier alpha value is -3.76. The average molecular weight is 524 g/mol. The zero-order valence-electron chi connectivity index (χ0n) is 22.0. The lowest BCUT2D eigenvalue weighted by Crippen LogP contribution is -2.53. The fraction of sp³-hybridized carbons (Fsp3) is 0.429. The molecule has 1 saturated heterocycles. The number of ether oxygens (including phenoxy) is 1. The number of nitrogens with one attached hydrogen (secondary N) is 3. The van der Waals surface area contributed by atoms with Crippen LogP contribution in [0.5, 0.6) is 0 Å². The maximum atomic E-state index is 13.2. The third-order valence-electron chi connectivity index (χ3n) is 6.25. The second-order valence-corrected chi connectivity index (χ2v) is 9.49. The summed E-state index contributed by atoms with van der Waals surface area (Å²) in [6.07, 6.45) is 1.26. The zero-order valence-corrected chi connectivity index (χ0v) is 22.0. The smallest absolute Gasteiger partial charge is 0.243 e. The quantitative estimate of drug-likeness (QED) is 0.320. The first-order chi connectivity index (χ1) is 18.3. The van der Waals surface area contributed by atoms with Crippen molar-refractivity contribution in [3.63, 3.8) is 0 Å².